The summed E-state index contributed by atoms with van der Waals surface area (Å²) in [6.45, 7) is 0. The topological polar surface area (TPSA) is 93.9 Å². The highest BCUT2D eigenvalue weighted by molar-refractivity contribution is 7.09. The van der Waals surface area contributed by atoms with E-state index in [9.17, 15) is 4.79 Å². The second-order valence-corrected chi connectivity index (χ2v) is 7.93. The van der Waals surface area contributed by atoms with Crippen molar-refractivity contribution in [3.8, 4) is 22.9 Å². The van der Waals surface area contributed by atoms with E-state index in [2.05, 4.69) is 15.0 Å². The van der Waals surface area contributed by atoms with Crippen LogP contribution in [0, 0.1) is 0 Å². The van der Waals surface area contributed by atoms with Crippen LogP contribution in [-0.2, 0) is 4.79 Å². The van der Waals surface area contributed by atoms with Gasteiger partial charge in [-0.1, -0.05) is 24.3 Å². The number of amides is 1. The Labute approximate surface area is 182 Å². The van der Waals surface area contributed by atoms with Crippen LogP contribution < -0.4 is 10.5 Å². The van der Waals surface area contributed by atoms with Crippen LogP contribution in [0.25, 0.3) is 22.4 Å². The normalized spacial score (nSPS) is 12.0. The number of carbonyl (C=O) groups is 1. The van der Waals surface area contributed by atoms with E-state index in [0.717, 1.165) is 39.5 Å². The maximum absolute atomic E-state index is 12.1. The van der Waals surface area contributed by atoms with Gasteiger partial charge in [0.2, 0.25) is 5.91 Å². The van der Waals surface area contributed by atoms with E-state index in [1.54, 1.807) is 6.20 Å². The van der Waals surface area contributed by atoms with Gasteiger partial charge < -0.3 is 15.5 Å². The van der Waals surface area contributed by atoms with E-state index in [-0.39, 0.29) is 0 Å². The van der Waals surface area contributed by atoms with Crippen molar-refractivity contribution in [2.45, 2.75) is 5.92 Å². The molecule has 7 heteroatoms. The number of rotatable bonds is 6. The Morgan fingerprint density at radius 3 is 2.48 bits per heavy atom. The molecule has 1 unspecified atom stereocenters. The molecule has 0 radical (unpaired) electrons. The molecule has 2 aromatic heterocycles. The average Bonchev–Trinajstić information content (AvgIpc) is 3.45. The Balaban J connectivity index is 1.43. The molecule has 3 N–H and O–H groups in total. The predicted molar refractivity (Wildman–Crippen MR) is 121 cm³/mol. The number of nitrogens with zero attached hydrogens (tertiary/aromatic N) is 2. The number of thiazole rings is 1. The SMILES string of the molecule is NC(=O)C(c1ccc2nc(-c3ccc(Oc4ccccc4)cc3)[nH]c2c1)c1nccs1. The van der Waals surface area contributed by atoms with Crippen molar-refractivity contribution >= 4 is 28.3 Å². The van der Waals surface area contributed by atoms with Gasteiger partial charge in [0, 0.05) is 17.1 Å². The molecule has 0 spiro atoms. The molecule has 0 bridgehead atoms. The second-order valence-electron chi connectivity index (χ2n) is 7.01. The number of H-pyrrole nitrogens is 1. The number of carbonyl (C=O) groups excluding carboxylic acids is 1. The van der Waals surface area contributed by atoms with Crippen LogP contribution in [0.3, 0.4) is 0 Å². The number of para-hydroxylation sites is 1. The van der Waals surface area contributed by atoms with Crippen LogP contribution in [0.4, 0.5) is 0 Å². The smallest absolute Gasteiger partial charge is 0.231 e. The van der Waals surface area contributed by atoms with Crippen molar-refractivity contribution in [2.24, 2.45) is 5.73 Å². The number of fused-ring (bicyclic) bond motifs is 1. The van der Waals surface area contributed by atoms with Gasteiger partial charge in [-0.25, -0.2) is 9.97 Å². The van der Waals surface area contributed by atoms with Crippen molar-refractivity contribution in [2.75, 3.05) is 0 Å². The molecule has 5 aromatic rings. The molecule has 5 rings (SSSR count). The number of hydrogen-bond acceptors (Lipinski definition) is 5. The van der Waals surface area contributed by atoms with E-state index in [1.807, 2.05) is 78.2 Å². The standard InChI is InChI=1S/C24H18N4O2S/c25-22(29)21(24-26-12-13-31-24)16-8-11-19-20(14-16)28-23(27-19)15-6-9-18(10-7-15)30-17-4-2-1-3-5-17/h1-14,21H,(H2,25,29)(H,27,28). The average molecular weight is 427 g/mol. The third kappa shape index (κ3) is 3.91. The lowest BCUT2D eigenvalue weighted by Gasteiger charge is -2.10. The Morgan fingerprint density at radius 2 is 1.77 bits per heavy atom. The molecule has 3 aromatic carbocycles. The monoisotopic (exact) mass is 426 g/mol. The first-order valence-electron chi connectivity index (χ1n) is 9.69. The van der Waals surface area contributed by atoms with Crippen molar-refractivity contribution in [3.63, 3.8) is 0 Å². The third-order valence-corrected chi connectivity index (χ3v) is 5.77. The van der Waals surface area contributed by atoms with Crippen LogP contribution in [0.5, 0.6) is 11.5 Å². The molecule has 0 saturated heterocycles. The number of nitrogens with two attached hydrogens (primary N) is 1. The maximum atomic E-state index is 12.1. The van der Waals surface area contributed by atoms with Crippen LogP contribution in [0.2, 0.25) is 0 Å². The molecule has 0 fully saturated rings. The molecule has 6 nitrogen and oxygen atoms in total. The minimum atomic E-state index is -0.578. The van der Waals surface area contributed by atoms with E-state index >= 15 is 0 Å². The van der Waals surface area contributed by atoms with Gasteiger partial charge in [0.25, 0.3) is 0 Å². The molecular formula is C24H18N4O2S. The summed E-state index contributed by atoms with van der Waals surface area (Å²) in [5, 5.41) is 2.52. The zero-order valence-electron chi connectivity index (χ0n) is 16.4. The number of nitrogens with one attached hydrogen (secondary N) is 1. The van der Waals surface area contributed by atoms with Gasteiger partial charge in [0.05, 0.1) is 11.0 Å². The molecule has 0 aliphatic carbocycles. The van der Waals surface area contributed by atoms with E-state index < -0.39 is 11.8 Å². The zero-order chi connectivity index (χ0) is 21.2. The molecule has 1 atom stereocenters. The number of hydrogen-bond donors (Lipinski definition) is 2. The van der Waals surface area contributed by atoms with Crippen molar-refractivity contribution < 1.29 is 9.53 Å². The summed E-state index contributed by atoms with van der Waals surface area (Å²) >= 11 is 1.41. The highest BCUT2D eigenvalue weighted by Gasteiger charge is 2.23. The fourth-order valence-electron chi connectivity index (χ4n) is 3.45. The number of imidazole rings is 1. The third-order valence-electron chi connectivity index (χ3n) is 4.93. The summed E-state index contributed by atoms with van der Waals surface area (Å²) in [4.78, 5) is 24.4. The van der Waals surface area contributed by atoms with Crippen LogP contribution in [-0.4, -0.2) is 20.9 Å². The molecule has 0 aliphatic heterocycles. The van der Waals surface area contributed by atoms with Gasteiger partial charge in [0.15, 0.2) is 0 Å². The number of ether oxygens (including phenoxy) is 1. The van der Waals surface area contributed by atoms with E-state index in [4.69, 9.17) is 10.5 Å². The summed E-state index contributed by atoms with van der Waals surface area (Å²) in [5.74, 6) is 1.27. The summed E-state index contributed by atoms with van der Waals surface area (Å²) in [5.41, 5.74) is 9.03. The fourth-order valence-corrected chi connectivity index (χ4v) is 4.23. The molecule has 31 heavy (non-hydrogen) atoms. The van der Waals surface area contributed by atoms with Gasteiger partial charge in [-0.05, 0) is 54.1 Å². The van der Waals surface area contributed by atoms with Gasteiger partial charge in [-0.15, -0.1) is 11.3 Å². The van der Waals surface area contributed by atoms with Gasteiger partial charge in [-0.2, -0.15) is 0 Å². The highest BCUT2D eigenvalue weighted by Crippen LogP contribution is 2.30. The Bertz CT molecular complexity index is 1330. The molecule has 1 amide bonds. The Hall–Kier alpha value is -3.97. The summed E-state index contributed by atoms with van der Waals surface area (Å²) in [6, 6.07) is 23.1. The maximum Gasteiger partial charge on any atom is 0.231 e. The summed E-state index contributed by atoms with van der Waals surface area (Å²) in [7, 11) is 0. The van der Waals surface area contributed by atoms with Crippen LogP contribution >= 0.6 is 11.3 Å². The van der Waals surface area contributed by atoms with E-state index in [0.29, 0.717) is 5.01 Å². The molecule has 152 valence electrons. The quantitative estimate of drug-likeness (QED) is 0.395. The number of aromatic amines is 1. The minimum Gasteiger partial charge on any atom is -0.457 e. The summed E-state index contributed by atoms with van der Waals surface area (Å²) in [6.07, 6.45) is 1.67. The van der Waals surface area contributed by atoms with Gasteiger partial charge in [-0.3, -0.25) is 4.79 Å². The van der Waals surface area contributed by atoms with E-state index in [1.165, 1.54) is 11.3 Å². The van der Waals surface area contributed by atoms with Crippen molar-refractivity contribution in [3.05, 3.63) is 94.9 Å². The minimum absolute atomic E-state index is 0.428. The molecule has 0 saturated carbocycles. The Kier molecular flexibility index (Phi) is 4.93. The second kappa shape index (κ2) is 8.04. The first kappa shape index (κ1) is 19.0. The Morgan fingerprint density at radius 1 is 1.00 bits per heavy atom. The molecule has 2 heterocycles. The van der Waals surface area contributed by atoms with Crippen LogP contribution in [0.1, 0.15) is 16.5 Å². The van der Waals surface area contributed by atoms with Gasteiger partial charge in [0.1, 0.15) is 28.2 Å². The van der Waals surface area contributed by atoms with Crippen molar-refractivity contribution in [1.82, 2.24) is 15.0 Å². The lowest BCUT2D eigenvalue weighted by atomic mass is 9.98. The zero-order valence-corrected chi connectivity index (χ0v) is 17.2. The number of aromatic nitrogens is 3. The van der Waals surface area contributed by atoms with Crippen molar-refractivity contribution in [1.29, 1.82) is 0 Å². The number of benzene rings is 3. The lowest BCUT2D eigenvalue weighted by molar-refractivity contribution is -0.118. The van der Waals surface area contributed by atoms with Crippen LogP contribution in [0.15, 0.2) is 84.4 Å². The summed E-state index contributed by atoms with van der Waals surface area (Å²) < 4.78 is 5.85. The predicted octanol–water partition coefficient (Wildman–Crippen LogP) is 5.10. The van der Waals surface area contributed by atoms with Gasteiger partial charge >= 0.3 is 0 Å². The lowest BCUT2D eigenvalue weighted by Crippen LogP contribution is -2.22. The number of primary amides is 1. The fraction of sp³-hybridized carbons (Fsp3) is 0.0417. The highest BCUT2D eigenvalue weighted by atomic mass is 32.1. The molecular weight excluding hydrogens is 408 g/mol. The molecule has 0 aliphatic rings. The first-order chi connectivity index (χ1) is 15.2. The largest absolute Gasteiger partial charge is 0.457 e. The first-order valence-corrected chi connectivity index (χ1v) is 10.6.